The summed E-state index contributed by atoms with van der Waals surface area (Å²) in [6, 6.07) is 0. The molecule has 0 saturated carbocycles. The zero-order valence-corrected chi connectivity index (χ0v) is 17.3. The largest absolute Gasteiger partial charge is 0.345 e. The zero-order chi connectivity index (χ0) is 17.2. The summed E-state index contributed by atoms with van der Waals surface area (Å²) in [4.78, 5) is 12.9. The maximum atomic E-state index is 11.3. The highest BCUT2D eigenvalue weighted by molar-refractivity contribution is 5.87. The van der Waals surface area contributed by atoms with Gasteiger partial charge in [0.2, 0.25) is 5.91 Å². The molecule has 0 N–H and O–H groups in total. The zero-order valence-electron chi connectivity index (χ0n) is 16.5. The van der Waals surface area contributed by atoms with Crippen molar-refractivity contribution in [1.29, 1.82) is 0 Å². The third-order valence-corrected chi connectivity index (χ3v) is 4.43. The monoisotopic (exact) mass is 359 g/mol. The summed E-state index contributed by atoms with van der Waals surface area (Å²) in [7, 11) is 3.58. The number of halogens is 1. The molecule has 1 amide bonds. The van der Waals surface area contributed by atoms with E-state index in [1.54, 1.807) is 25.1 Å². The van der Waals surface area contributed by atoms with Gasteiger partial charge in [-0.3, -0.25) is 4.79 Å². The fraction of sp³-hybridized carbons (Fsp3) is 0.857. The van der Waals surface area contributed by atoms with Crippen LogP contribution >= 0.6 is 12.4 Å². The van der Waals surface area contributed by atoms with Gasteiger partial charge in [0.25, 0.3) is 0 Å². The van der Waals surface area contributed by atoms with Crippen molar-refractivity contribution < 1.29 is 4.79 Å². The lowest BCUT2D eigenvalue weighted by atomic mass is 10.0. The normalized spacial score (nSPS) is 10.8. The first-order valence-electron chi connectivity index (χ1n) is 10.1. The van der Waals surface area contributed by atoms with Crippen LogP contribution in [0.5, 0.6) is 0 Å². The van der Waals surface area contributed by atoms with Crippen LogP contribution < -0.4 is 0 Å². The Hall–Kier alpha value is -0.500. The Morgan fingerprint density at radius 2 is 1.08 bits per heavy atom. The number of amides is 1. The van der Waals surface area contributed by atoms with Crippen LogP contribution in [0, 0.1) is 0 Å². The predicted molar refractivity (Wildman–Crippen MR) is 110 cm³/mol. The first-order chi connectivity index (χ1) is 11.2. The Labute approximate surface area is 157 Å². The third-order valence-electron chi connectivity index (χ3n) is 4.43. The van der Waals surface area contributed by atoms with E-state index in [2.05, 4.69) is 6.92 Å². The van der Waals surface area contributed by atoms with E-state index in [1.807, 2.05) is 6.08 Å². The smallest absolute Gasteiger partial charge is 0.245 e. The first kappa shape index (κ1) is 25.7. The van der Waals surface area contributed by atoms with E-state index in [0.29, 0.717) is 0 Å². The third kappa shape index (κ3) is 19.5. The van der Waals surface area contributed by atoms with Crippen LogP contribution in [0.1, 0.15) is 103 Å². The molecule has 2 nitrogen and oxygen atoms in total. The molecule has 0 bridgehead atoms. The molecule has 0 fully saturated rings. The summed E-state index contributed by atoms with van der Waals surface area (Å²) in [6.45, 7) is 2.28. The van der Waals surface area contributed by atoms with Crippen LogP contribution in [-0.4, -0.2) is 24.9 Å². The number of nitrogens with zero attached hydrogens (tertiary/aromatic N) is 1. The Balaban J connectivity index is 0. The van der Waals surface area contributed by atoms with Gasteiger partial charge in [0.1, 0.15) is 0 Å². The molecule has 24 heavy (non-hydrogen) atoms. The van der Waals surface area contributed by atoms with Gasteiger partial charge in [0.15, 0.2) is 0 Å². The highest BCUT2D eigenvalue weighted by Gasteiger charge is 1.96. The van der Waals surface area contributed by atoms with Gasteiger partial charge in [0, 0.05) is 14.1 Å². The molecule has 0 atom stereocenters. The molecule has 0 aliphatic heterocycles. The molecule has 0 aromatic heterocycles. The van der Waals surface area contributed by atoms with Crippen molar-refractivity contribution in [1.82, 2.24) is 4.90 Å². The van der Waals surface area contributed by atoms with E-state index in [1.165, 1.54) is 89.9 Å². The van der Waals surface area contributed by atoms with Crippen molar-refractivity contribution >= 4 is 18.3 Å². The van der Waals surface area contributed by atoms with Crippen molar-refractivity contribution in [2.75, 3.05) is 14.1 Å². The second-order valence-corrected chi connectivity index (χ2v) is 7.02. The first-order valence-corrected chi connectivity index (χ1v) is 10.1. The minimum absolute atomic E-state index is 0. The maximum Gasteiger partial charge on any atom is 0.245 e. The fourth-order valence-electron chi connectivity index (χ4n) is 2.79. The van der Waals surface area contributed by atoms with E-state index in [-0.39, 0.29) is 18.3 Å². The number of unbranched alkanes of at least 4 members (excludes halogenated alkanes) is 14. The predicted octanol–water partition coefficient (Wildman–Crippen LogP) is 6.92. The second-order valence-electron chi connectivity index (χ2n) is 7.02. The lowest BCUT2D eigenvalue weighted by Gasteiger charge is -2.05. The van der Waals surface area contributed by atoms with Crippen LogP contribution in [0.3, 0.4) is 0 Å². The molecular weight excluding hydrogens is 318 g/mol. The molecule has 0 heterocycles. The molecule has 0 rings (SSSR count). The van der Waals surface area contributed by atoms with E-state index in [4.69, 9.17) is 0 Å². The van der Waals surface area contributed by atoms with Gasteiger partial charge >= 0.3 is 0 Å². The number of hydrogen-bond donors (Lipinski definition) is 0. The van der Waals surface area contributed by atoms with E-state index >= 15 is 0 Å². The lowest BCUT2D eigenvalue weighted by Crippen LogP contribution is -2.18. The summed E-state index contributed by atoms with van der Waals surface area (Å²) >= 11 is 0. The Morgan fingerprint density at radius 3 is 1.46 bits per heavy atom. The van der Waals surface area contributed by atoms with Crippen molar-refractivity contribution in [3.05, 3.63) is 12.2 Å². The minimum Gasteiger partial charge on any atom is -0.345 e. The molecule has 0 spiro atoms. The van der Waals surface area contributed by atoms with Gasteiger partial charge in [-0.05, 0) is 18.9 Å². The highest BCUT2D eigenvalue weighted by atomic mass is 35.5. The average molecular weight is 360 g/mol. The van der Waals surface area contributed by atoms with E-state index in [0.717, 1.165) is 6.42 Å². The molecular formula is C21H42ClNO. The van der Waals surface area contributed by atoms with Crippen LogP contribution in [-0.2, 0) is 4.79 Å². The Morgan fingerprint density at radius 1 is 0.708 bits per heavy atom. The maximum absolute atomic E-state index is 11.3. The van der Waals surface area contributed by atoms with Crippen molar-refractivity contribution in [3.63, 3.8) is 0 Å². The number of carbonyl (C=O) groups is 1. The van der Waals surface area contributed by atoms with Crippen molar-refractivity contribution in [3.8, 4) is 0 Å². The quantitative estimate of drug-likeness (QED) is 0.216. The van der Waals surface area contributed by atoms with Gasteiger partial charge in [-0.15, -0.1) is 12.4 Å². The second kappa shape index (κ2) is 20.5. The van der Waals surface area contributed by atoms with Crippen LogP contribution in [0.2, 0.25) is 0 Å². The summed E-state index contributed by atoms with van der Waals surface area (Å²) in [5.41, 5.74) is 0. The minimum atomic E-state index is 0. The fourth-order valence-corrected chi connectivity index (χ4v) is 2.79. The molecule has 0 unspecified atom stereocenters. The van der Waals surface area contributed by atoms with Gasteiger partial charge in [0.05, 0.1) is 0 Å². The lowest BCUT2D eigenvalue weighted by molar-refractivity contribution is -0.123. The van der Waals surface area contributed by atoms with E-state index < -0.39 is 0 Å². The van der Waals surface area contributed by atoms with Gasteiger partial charge in [-0.1, -0.05) is 96.5 Å². The molecule has 144 valence electrons. The summed E-state index contributed by atoms with van der Waals surface area (Å²) < 4.78 is 0. The number of carbonyl (C=O) groups excluding carboxylic acids is 1. The highest BCUT2D eigenvalue weighted by Crippen LogP contribution is 2.13. The van der Waals surface area contributed by atoms with Crippen molar-refractivity contribution in [2.24, 2.45) is 0 Å². The molecule has 3 heteroatoms. The summed E-state index contributed by atoms with van der Waals surface area (Å²) in [5.74, 6) is 0.0929. The van der Waals surface area contributed by atoms with Gasteiger partial charge in [-0.25, -0.2) is 0 Å². The van der Waals surface area contributed by atoms with Crippen LogP contribution in [0.25, 0.3) is 0 Å². The number of likely N-dealkylation sites (N-methyl/N-ethyl adjacent to an activating group) is 1. The molecule has 0 aliphatic rings. The van der Waals surface area contributed by atoms with Gasteiger partial charge in [-0.2, -0.15) is 0 Å². The Kier molecular flexibility index (Phi) is 22.0. The molecule has 0 saturated heterocycles. The molecule has 0 radical (unpaired) electrons. The van der Waals surface area contributed by atoms with Gasteiger partial charge < -0.3 is 4.90 Å². The molecule has 0 aromatic carbocycles. The number of rotatable bonds is 16. The standard InChI is InChI=1S/C21H41NO.ClH/c1-4-5-6-7-8-9-10-11-12-13-14-15-16-17-18-19-20-21(23)22(2)3;/h19-20H,4-18H2,1-3H3;1H. The van der Waals surface area contributed by atoms with E-state index in [9.17, 15) is 4.79 Å². The van der Waals surface area contributed by atoms with Crippen LogP contribution in [0.4, 0.5) is 0 Å². The average Bonchev–Trinajstić information content (AvgIpc) is 2.54. The number of allylic oxidation sites excluding steroid dienone is 1. The SMILES string of the molecule is CCCCCCCCCCCCCCCCC=CC(=O)N(C)C.Cl. The summed E-state index contributed by atoms with van der Waals surface area (Å²) in [6.07, 6.45) is 24.3. The molecule has 0 aliphatic carbocycles. The number of hydrogen-bond acceptors (Lipinski definition) is 1. The van der Waals surface area contributed by atoms with Crippen molar-refractivity contribution in [2.45, 2.75) is 103 Å². The Bertz CT molecular complexity index is 290. The van der Waals surface area contributed by atoms with Crippen LogP contribution in [0.15, 0.2) is 12.2 Å². The molecule has 0 aromatic rings. The topological polar surface area (TPSA) is 20.3 Å². The summed E-state index contributed by atoms with van der Waals surface area (Å²) in [5, 5.41) is 0.